The first kappa shape index (κ1) is 22.0. The van der Waals surface area contributed by atoms with Gasteiger partial charge in [-0.2, -0.15) is 0 Å². The summed E-state index contributed by atoms with van der Waals surface area (Å²) < 4.78 is 7.40. The van der Waals surface area contributed by atoms with Crippen molar-refractivity contribution in [3.63, 3.8) is 0 Å². The number of carbonyl (C=O) groups is 1. The highest BCUT2D eigenvalue weighted by Crippen LogP contribution is 2.36. The molecule has 0 spiro atoms. The minimum absolute atomic E-state index is 0.0571. The molecule has 3 heterocycles. The number of nitrogens with zero attached hydrogens (tertiary/aromatic N) is 4. The van der Waals surface area contributed by atoms with Gasteiger partial charge < -0.3 is 14.5 Å². The van der Waals surface area contributed by atoms with Gasteiger partial charge >= 0.3 is 0 Å². The van der Waals surface area contributed by atoms with Crippen LogP contribution in [0.3, 0.4) is 0 Å². The van der Waals surface area contributed by atoms with Crippen LogP contribution in [0.15, 0.2) is 47.6 Å². The van der Waals surface area contributed by atoms with Crippen LogP contribution >= 0.6 is 11.3 Å². The molecule has 1 aliphatic rings. The van der Waals surface area contributed by atoms with E-state index >= 15 is 0 Å². The third kappa shape index (κ3) is 4.00. The van der Waals surface area contributed by atoms with E-state index < -0.39 is 5.60 Å². The molecule has 0 bridgehead atoms. The third-order valence-corrected chi connectivity index (χ3v) is 6.98. The van der Waals surface area contributed by atoms with Gasteiger partial charge in [-0.05, 0) is 55.5 Å². The summed E-state index contributed by atoms with van der Waals surface area (Å²) in [6.07, 6.45) is 5.11. The first-order valence-corrected chi connectivity index (χ1v) is 11.3. The topological polar surface area (TPSA) is 58.0 Å². The van der Waals surface area contributed by atoms with Gasteiger partial charge in [-0.1, -0.05) is 18.2 Å². The fraction of sp³-hybridized carbons (Fsp3) is 0.320. The number of ether oxygens (including phenoxy) is 1. The van der Waals surface area contributed by atoms with Crippen molar-refractivity contribution in [1.82, 2.24) is 9.88 Å². The van der Waals surface area contributed by atoms with Gasteiger partial charge in [0.2, 0.25) is 5.91 Å². The number of rotatable bonds is 4. The summed E-state index contributed by atoms with van der Waals surface area (Å²) in [5.41, 5.74) is 1.50. The van der Waals surface area contributed by atoms with Crippen molar-refractivity contribution >= 4 is 45.1 Å². The van der Waals surface area contributed by atoms with Crippen molar-refractivity contribution in [2.75, 3.05) is 26.0 Å². The van der Waals surface area contributed by atoms with Crippen molar-refractivity contribution in [2.24, 2.45) is 4.99 Å². The van der Waals surface area contributed by atoms with E-state index in [1.54, 1.807) is 41.6 Å². The lowest BCUT2D eigenvalue weighted by Gasteiger charge is -2.39. The SMILES string of the molecule is CN=C1N(C)c2ncc(/C=C/C(=O)N(C)Cc3sc4ccccc4c3C)cc2OC1(C)C. The number of amides is 1. The molecule has 32 heavy (non-hydrogen) atoms. The molecular weight excluding hydrogens is 420 g/mol. The van der Waals surface area contributed by atoms with Crippen LogP contribution in [0, 0.1) is 6.92 Å². The summed E-state index contributed by atoms with van der Waals surface area (Å²) in [5, 5.41) is 1.26. The molecule has 6 nitrogen and oxygen atoms in total. The zero-order valence-electron chi connectivity index (χ0n) is 19.3. The third-order valence-electron chi connectivity index (χ3n) is 5.72. The van der Waals surface area contributed by atoms with E-state index in [1.165, 1.54) is 20.5 Å². The number of hydrogen-bond donors (Lipinski definition) is 0. The Morgan fingerprint density at radius 1 is 1.34 bits per heavy atom. The summed E-state index contributed by atoms with van der Waals surface area (Å²) in [5.74, 6) is 2.15. The summed E-state index contributed by atoms with van der Waals surface area (Å²) >= 11 is 1.74. The smallest absolute Gasteiger partial charge is 0.246 e. The fourth-order valence-corrected chi connectivity index (χ4v) is 5.34. The zero-order valence-corrected chi connectivity index (χ0v) is 20.2. The Morgan fingerprint density at radius 3 is 2.81 bits per heavy atom. The van der Waals surface area contributed by atoms with Crippen molar-refractivity contribution in [1.29, 1.82) is 0 Å². The quantitative estimate of drug-likeness (QED) is 0.532. The van der Waals surface area contributed by atoms with Crippen LogP contribution in [0.25, 0.3) is 16.2 Å². The monoisotopic (exact) mass is 448 g/mol. The normalized spacial score (nSPS) is 16.4. The zero-order chi connectivity index (χ0) is 23.0. The number of thiophene rings is 1. The van der Waals surface area contributed by atoms with Crippen LogP contribution < -0.4 is 9.64 Å². The summed E-state index contributed by atoms with van der Waals surface area (Å²) in [6.45, 7) is 6.66. The molecule has 0 fully saturated rings. The molecule has 0 saturated carbocycles. The Bertz CT molecular complexity index is 1240. The Kier molecular flexibility index (Phi) is 5.77. The van der Waals surface area contributed by atoms with Crippen molar-refractivity contribution in [3.05, 3.63) is 58.6 Å². The van der Waals surface area contributed by atoms with E-state index in [1.807, 2.05) is 45.0 Å². The van der Waals surface area contributed by atoms with Crippen LogP contribution in [0.4, 0.5) is 5.82 Å². The molecule has 3 aromatic rings. The van der Waals surface area contributed by atoms with Gasteiger partial charge in [-0.25, -0.2) is 4.98 Å². The lowest BCUT2D eigenvalue weighted by Crippen LogP contribution is -2.51. The molecule has 1 aliphatic heterocycles. The molecule has 4 rings (SSSR count). The van der Waals surface area contributed by atoms with Gasteiger partial charge in [0.15, 0.2) is 17.2 Å². The highest BCUT2D eigenvalue weighted by molar-refractivity contribution is 7.19. The number of aliphatic imine (C=N–C) groups is 1. The van der Waals surface area contributed by atoms with E-state index in [4.69, 9.17) is 4.74 Å². The predicted molar refractivity (Wildman–Crippen MR) is 133 cm³/mol. The van der Waals surface area contributed by atoms with Gasteiger partial charge in [0.1, 0.15) is 5.84 Å². The molecule has 0 aliphatic carbocycles. The largest absolute Gasteiger partial charge is 0.476 e. The second kappa shape index (κ2) is 8.39. The first-order valence-electron chi connectivity index (χ1n) is 10.5. The molecule has 0 radical (unpaired) electrons. The molecule has 0 atom stereocenters. The Morgan fingerprint density at radius 2 is 2.09 bits per heavy atom. The maximum Gasteiger partial charge on any atom is 0.246 e. The number of carbonyl (C=O) groups excluding carboxylic acids is 1. The summed E-state index contributed by atoms with van der Waals surface area (Å²) in [7, 11) is 5.51. The number of amidine groups is 1. The van der Waals surface area contributed by atoms with Gasteiger partial charge in [0.25, 0.3) is 0 Å². The molecule has 0 N–H and O–H groups in total. The number of hydrogen-bond acceptors (Lipinski definition) is 5. The highest BCUT2D eigenvalue weighted by atomic mass is 32.1. The molecule has 0 saturated heterocycles. The average molecular weight is 449 g/mol. The summed E-state index contributed by atoms with van der Waals surface area (Å²) in [6, 6.07) is 10.3. The second-order valence-corrected chi connectivity index (χ2v) is 9.62. The minimum atomic E-state index is -0.557. The molecule has 166 valence electrons. The Labute approximate surface area is 192 Å². The van der Waals surface area contributed by atoms with E-state index in [2.05, 4.69) is 35.1 Å². The van der Waals surface area contributed by atoms with Gasteiger partial charge in [0.05, 0.1) is 6.54 Å². The van der Waals surface area contributed by atoms with Crippen LogP contribution in [-0.2, 0) is 11.3 Å². The van der Waals surface area contributed by atoms with Crippen LogP contribution in [0.1, 0.15) is 29.9 Å². The number of aryl methyl sites for hydroxylation is 1. The molecular formula is C25H28N4O2S. The lowest BCUT2D eigenvalue weighted by molar-refractivity contribution is -0.125. The highest BCUT2D eigenvalue weighted by Gasteiger charge is 2.37. The van der Waals surface area contributed by atoms with Crippen molar-refractivity contribution < 1.29 is 9.53 Å². The van der Waals surface area contributed by atoms with Crippen molar-refractivity contribution in [2.45, 2.75) is 32.9 Å². The maximum atomic E-state index is 12.7. The summed E-state index contributed by atoms with van der Waals surface area (Å²) in [4.78, 5) is 26.5. The number of anilines is 1. The number of aromatic nitrogens is 1. The average Bonchev–Trinajstić information content (AvgIpc) is 3.06. The standard InChI is InChI=1S/C25H28N4O2S/c1-16-18-9-7-8-10-20(18)32-21(16)15-28(5)22(30)12-11-17-13-19-23(27-14-17)29(6)24(26-4)25(2,3)31-19/h7-14H,15H2,1-6H3/b12-11+,26-24?. The van der Waals surface area contributed by atoms with Gasteiger partial charge in [-0.3, -0.25) is 9.79 Å². The minimum Gasteiger partial charge on any atom is -0.476 e. The maximum absolute atomic E-state index is 12.7. The lowest BCUT2D eigenvalue weighted by atomic mass is 10.0. The van der Waals surface area contributed by atoms with Crippen LogP contribution in [-0.4, -0.2) is 48.4 Å². The molecule has 0 unspecified atom stereocenters. The van der Waals surface area contributed by atoms with E-state index in [0.29, 0.717) is 18.1 Å². The molecule has 1 aromatic carbocycles. The Balaban J connectivity index is 1.49. The number of benzene rings is 1. The predicted octanol–water partition coefficient (Wildman–Crippen LogP) is 4.91. The van der Waals surface area contributed by atoms with E-state index in [-0.39, 0.29) is 5.91 Å². The van der Waals surface area contributed by atoms with Crippen LogP contribution in [0.2, 0.25) is 0 Å². The number of fused-ring (bicyclic) bond motifs is 2. The van der Waals surface area contributed by atoms with Gasteiger partial charge in [0, 0.05) is 43.0 Å². The number of pyridine rings is 1. The Hall–Kier alpha value is -3.19. The first-order chi connectivity index (χ1) is 15.2. The molecule has 2 aromatic heterocycles. The van der Waals surface area contributed by atoms with Crippen LogP contribution in [0.5, 0.6) is 5.75 Å². The van der Waals surface area contributed by atoms with E-state index in [9.17, 15) is 4.79 Å². The van der Waals surface area contributed by atoms with Crippen molar-refractivity contribution in [3.8, 4) is 5.75 Å². The second-order valence-electron chi connectivity index (χ2n) is 8.48. The molecule has 7 heteroatoms. The fourth-order valence-electron chi connectivity index (χ4n) is 4.08. The number of likely N-dealkylation sites (N-methyl/N-ethyl adjacent to an activating group) is 2. The molecule has 1 amide bonds. The van der Waals surface area contributed by atoms with E-state index in [0.717, 1.165) is 11.4 Å². The van der Waals surface area contributed by atoms with Gasteiger partial charge in [-0.15, -0.1) is 11.3 Å².